The van der Waals surface area contributed by atoms with Crippen LogP contribution in [0.4, 0.5) is 0 Å². The Bertz CT molecular complexity index is 66.0. The maximum absolute atomic E-state index is 10.1. The van der Waals surface area contributed by atoms with Crippen molar-refractivity contribution in [2.45, 2.75) is 6.42 Å². The largest absolute Gasteiger partial charge is 0.373 e. The SMILES string of the molecule is NOC(=O)CCI. The van der Waals surface area contributed by atoms with Crippen molar-refractivity contribution in [3.05, 3.63) is 0 Å². The van der Waals surface area contributed by atoms with Crippen LogP contribution in [0, 0.1) is 0 Å². The summed E-state index contributed by atoms with van der Waals surface area (Å²) in [6, 6.07) is 0. The molecule has 0 radical (unpaired) electrons. The van der Waals surface area contributed by atoms with Gasteiger partial charge in [-0.15, -0.1) is 0 Å². The predicted octanol–water partition coefficient (Wildman–Crippen LogP) is 0.228. The molecule has 3 nitrogen and oxygen atoms in total. The van der Waals surface area contributed by atoms with E-state index in [1.165, 1.54) is 0 Å². The minimum Gasteiger partial charge on any atom is -0.373 e. The molecule has 0 rings (SSSR count). The van der Waals surface area contributed by atoms with E-state index in [4.69, 9.17) is 0 Å². The Morgan fingerprint density at radius 1 is 1.86 bits per heavy atom. The lowest BCUT2D eigenvalue weighted by Gasteiger charge is -1.89. The van der Waals surface area contributed by atoms with Crippen LogP contribution in [-0.2, 0) is 9.63 Å². The van der Waals surface area contributed by atoms with E-state index in [1.807, 2.05) is 0 Å². The van der Waals surface area contributed by atoms with Gasteiger partial charge in [-0.2, -0.15) is 5.90 Å². The van der Waals surface area contributed by atoms with Crippen LogP contribution in [0.1, 0.15) is 6.42 Å². The number of carbonyl (C=O) groups excluding carboxylic acids is 1. The smallest absolute Gasteiger partial charge is 0.325 e. The van der Waals surface area contributed by atoms with Crippen LogP contribution in [0.2, 0.25) is 0 Å². The summed E-state index contributed by atoms with van der Waals surface area (Å²) < 4.78 is 0.758. The summed E-state index contributed by atoms with van der Waals surface area (Å²) >= 11 is 2.07. The van der Waals surface area contributed by atoms with Gasteiger partial charge in [0.15, 0.2) is 0 Å². The summed E-state index contributed by atoms with van der Waals surface area (Å²) in [5, 5.41) is 0. The molecule has 2 N–H and O–H groups in total. The van der Waals surface area contributed by atoms with Gasteiger partial charge in [0.05, 0.1) is 6.42 Å². The van der Waals surface area contributed by atoms with Gasteiger partial charge in [-0.25, -0.2) is 0 Å². The van der Waals surface area contributed by atoms with Crippen LogP contribution in [0.3, 0.4) is 0 Å². The first-order chi connectivity index (χ1) is 3.31. The van der Waals surface area contributed by atoms with Gasteiger partial charge in [-0.1, -0.05) is 22.6 Å². The van der Waals surface area contributed by atoms with Gasteiger partial charge in [0.1, 0.15) is 0 Å². The molecule has 0 heterocycles. The van der Waals surface area contributed by atoms with Gasteiger partial charge in [0.25, 0.3) is 0 Å². The van der Waals surface area contributed by atoms with Crippen LogP contribution in [0.25, 0.3) is 0 Å². The lowest BCUT2D eigenvalue weighted by Crippen LogP contribution is -2.09. The number of alkyl halides is 1. The molecule has 0 unspecified atom stereocenters. The molecule has 0 fully saturated rings. The van der Waals surface area contributed by atoms with Gasteiger partial charge in [0.2, 0.25) is 0 Å². The molecule has 0 aliphatic heterocycles. The van der Waals surface area contributed by atoms with Crippen molar-refractivity contribution < 1.29 is 9.63 Å². The normalized spacial score (nSPS) is 8.29. The Kier molecular flexibility index (Phi) is 4.42. The molecular formula is C3H6INO2. The van der Waals surface area contributed by atoms with Gasteiger partial charge in [-0.05, 0) is 0 Å². The number of halogens is 1. The lowest BCUT2D eigenvalue weighted by molar-refractivity contribution is -0.143. The molecule has 0 aromatic carbocycles. The van der Waals surface area contributed by atoms with Crippen LogP contribution in [-0.4, -0.2) is 10.4 Å². The van der Waals surface area contributed by atoms with Crippen molar-refractivity contribution in [1.82, 2.24) is 0 Å². The van der Waals surface area contributed by atoms with Crippen LogP contribution in [0.15, 0.2) is 0 Å². The number of hydrogen-bond donors (Lipinski definition) is 1. The third-order valence-corrected chi connectivity index (χ3v) is 0.969. The molecule has 0 aliphatic rings. The van der Waals surface area contributed by atoms with E-state index in [9.17, 15) is 4.79 Å². The molecule has 42 valence electrons. The molecule has 0 atom stereocenters. The first-order valence-corrected chi connectivity index (χ1v) is 3.29. The van der Waals surface area contributed by atoms with Gasteiger partial charge >= 0.3 is 5.97 Å². The highest BCUT2D eigenvalue weighted by Crippen LogP contribution is 1.87. The third-order valence-electron chi connectivity index (χ3n) is 0.430. The molecule has 0 amide bonds. The average Bonchev–Trinajstić information content (AvgIpc) is 1.68. The molecule has 4 heteroatoms. The number of nitrogens with two attached hydrogens (primary N) is 1. The molecule has 0 aromatic rings. The quantitative estimate of drug-likeness (QED) is 0.407. The monoisotopic (exact) mass is 215 g/mol. The fourth-order valence-corrected chi connectivity index (χ4v) is 0.576. The van der Waals surface area contributed by atoms with E-state index >= 15 is 0 Å². The molecule has 0 aliphatic carbocycles. The second kappa shape index (κ2) is 4.32. The van der Waals surface area contributed by atoms with Crippen molar-refractivity contribution in [1.29, 1.82) is 0 Å². The third kappa shape index (κ3) is 4.00. The van der Waals surface area contributed by atoms with E-state index in [0.717, 1.165) is 4.43 Å². The zero-order valence-corrected chi connectivity index (χ0v) is 5.84. The zero-order chi connectivity index (χ0) is 5.70. The second-order valence-electron chi connectivity index (χ2n) is 0.929. The highest BCUT2D eigenvalue weighted by Gasteiger charge is 1.94. The van der Waals surface area contributed by atoms with Crippen molar-refractivity contribution in [2.75, 3.05) is 4.43 Å². The maximum Gasteiger partial charge on any atom is 0.325 e. The fraction of sp³-hybridized carbons (Fsp3) is 0.667. The Hall–Kier alpha value is 0.160. The van der Waals surface area contributed by atoms with Crippen molar-refractivity contribution in [2.24, 2.45) is 5.90 Å². The Morgan fingerprint density at radius 2 is 2.43 bits per heavy atom. The lowest BCUT2D eigenvalue weighted by atomic mass is 10.5. The Labute approximate surface area is 55.3 Å². The minimum absolute atomic E-state index is 0.352. The molecule has 0 saturated carbocycles. The average molecular weight is 215 g/mol. The summed E-state index contributed by atoms with van der Waals surface area (Å²) in [6.07, 6.45) is 0.400. The van der Waals surface area contributed by atoms with Crippen LogP contribution in [0.5, 0.6) is 0 Å². The van der Waals surface area contributed by atoms with Gasteiger partial charge in [0, 0.05) is 4.43 Å². The second-order valence-corrected chi connectivity index (χ2v) is 2.01. The number of carbonyl (C=O) groups is 1. The topological polar surface area (TPSA) is 52.3 Å². The highest BCUT2D eigenvalue weighted by molar-refractivity contribution is 14.1. The summed E-state index contributed by atoms with van der Waals surface area (Å²) in [6.45, 7) is 0. The summed E-state index contributed by atoms with van der Waals surface area (Å²) in [5.41, 5.74) is 0. The van der Waals surface area contributed by atoms with E-state index in [-0.39, 0.29) is 5.97 Å². The van der Waals surface area contributed by atoms with Crippen molar-refractivity contribution in [3.63, 3.8) is 0 Å². The first kappa shape index (κ1) is 7.16. The molecule has 7 heavy (non-hydrogen) atoms. The number of rotatable bonds is 2. The minimum atomic E-state index is -0.352. The fourth-order valence-electron chi connectivity index (χ4n) is 0.136. The molecule has 0 saturated heterocycles. The first-order valence-electron chi connectivity index (χ1n) is 1.76. The summed E-state index contributed by atoms with van der Waals surface area (Å²) in [4.78, 5) is 13.9. The molecule has 0 spiro atoms. The Morgan fingerprint density at radius 3 is 2.57 bits per heavy atom. The predicted molar refractivity (Wildman–Crippen MR) is 33.8 cm³/mol. The molecule has 0 bridgehead atoms. The summed E-state index contributed by atoms with van der Waals surface area (Å²) in [5.74, 6) is 4.15. The molecular weight excluding hydrogens is 209 g/mol. The van der Waals surface area contributed by atoms with Crippen LogP contribution < -0.4 is 5.90 Å². The van der Waals surface area contributed by atoms with Gasteiger partial charge < -0.3 is 4.84 Å². The van der Waals surface area contributed by atoms with E-state index in [1.54, 1.807) is 0 Å². The summed E-state index contributed by atoms with van der Waals surface area (Å²) in [7, 11) is 0. The van der Waals surface area contributed by atoms with Gasteiger partial charge in [-0.3, -0.25) is 4.79 Å². The maximum atomic E-state index is 10.1. The van der Waals surface area contributed by atoms with Crippen LogP contribution >= 0.6 is 22.6 Å². The highest BCUT2D eigenvalue weighted by atomic mass is 127. The van der Waals surface area contributed by atoms with Crippen molar-refractivity contribution >= 4 is 28.6 Å². The van der Waals surface area contributed by atoms with E-state index in [0.29, 0.717) is 6.42 Å². The molecule has 0 aromatic heterocycles. The van der Waals surface area contributed by atoms with E-state index < -0.39 is 0 Å². The van der Waals surface area contributed by atoms with E-state index in [2.05, 4.69) is 33.3 Å². The standard InChI is InChI=1S/C3H6INO2/c4-2-1-3(6)7-5/h1-2,5H2. The zero-order valence-electron chi connectivity index (χ0n) is 3.69. The Balaban J connectivity index is 3.00. The number of hydrogen-bond acceptors (Lipinski definition) is 3. The van der Waals surface area contributed by atoms with Crippen molar-refractivity contribution in [3.8, 4) is 0 Å².